The molecule has 0 N–H and O–H groups in total. The van der Waals surface area contributed by atoms with Crippen molar-refractivity contribution in [2.45, 2.75) is 0 Å². The number of amides is 1. The SMILES string of the molecule is COc1cc(/C=C(/C#N)C(=O)N2CCN(c3ccccc3)CC2)cc(OC)c1OC. The molecule has 30 heavy (non-hydrogen) atoms. The summed E-state index contributed by atoms with van der Waals surface area (Å²) in [6, 6.07) is 15.6. The fraction of sp³-hybridized carbons (Fsp3) is 0.304. The molecular formula is C23H25N3O4. The predicted molar refractivity (Wildman–Crippen MR) is 115 cm³/mol. The minimum atomic E-state index is -0.279. The minimum absolute atomic E-state index is 0.0671. The number of ether oxygens (including phenoxy) is 3. The van der Waals surface area contributed by atoms with Crippen molar-refractivity contribution in [3.05, 3.63) is 53.6 Å². The van der Waals surface area contributed by atoms with E-state index in [-0.39, 0.29) is 11.5 Å². The monoisotopic (exact) mass is 407 g/mol. The summed E-state index contributed by atoms with van der Waals surface area (Å²) in [6.07, 6.45) is 1.55. The summed E-state index contributed by atoms with van der Waals surface area (Å²) in [5, 5.41) is 9.61. The molecule has 1 aliphatic rings. The molecule has 7 nitrogen and oxygen atoms in total. The number of nitrogens with zero attached hydrogens (tertiary/aromatic N) is 3. The van der Waals surface area contributed by atoms with Gasteiger partial charge in [-0.2, -0.15) is 5.26 Å². The van der Waals surface area contributed by atoms with E-state index >= 15 is 0 Å². The highest BCUT2D eigenvalue weighted by Gasteiger charge is 2.24. The van der Waals surface area contributed by atoms with Crippen molar-refractivity contribution in [1.82, 2.24) is 4.90 Å². The Morgan fingerprint density at radius 1 is 0.967 bits per heavy atom. The number of benzene rings is 2. The van der Waals surface area contributed by atoms with Crippen molar-refractivity contribution >= 4 is 17.7 Å². The Kier molecular flexibility index (Phi) is 6.81. The summed E-state index contributed by atoms with van der Waals surface area (Å²) in [7, 11) is 4.57. The molecule has 1 fully saturated rings. The maximum atomic E-state index is 12.9. The van der Waals surface area contributed by atoms with E-state index in [1.807, 2.05) is 24.3 Å². The van der Waals surface area contributed by atoms with Crippen LogP contribution >= 0.6 is 0 Å². The molecule has 0 unspecified atom stereocenters. The van der Waals surface area contributed by atoms with E-state index in [1.165, 1.54) is 21.3 Å². The fourth-order valence-corrected chi connectivity index (χ4v) is 3.47. The molecule has 0 aliphatic carbocycles. The van der Waals surface area contributed by atoms with Crippen LogP contribution in [0.1, 0.15) is 5.56 Å². The Bertz CT molecular complexity index is 933. The van der Waals surface area contributed by atoms with E-state index in [2.05, 4.69) is 17.0 Å². The Hall–Kier alpha value is -3.66. The Labute approximate surface area is 176 Å². The standard InChI is InChI=1S/C23H25N3O4/c1-28-20-14-17(15-21(29-2)22(20)30-3)13-18(16-24)23(27)26-11-9-25(10-12-26)19-7-5-4-6-8-19/h4-8,13-15H,9-12H2,1-3H3/b18-13-. The van der Waals surface area contributed by atoms with Gasteiger partial charge in [-0.25, -0.2) is 0 Å². The Morgan fingerprint density at radius 2 is 1.57 bits per heavy atom. The van der Waals surface area contributed by atoms with E-state index in [4.69, 9.17) is 14.2 Å². The van der Waals surface area contributed by atoms with Crippen LogP contribution in [0.5, 0.6) is 17.2 Å². The largest absolute Gasteiger partial charge is 0.493 e. The quantitative estimate of drug-likeness (QED) is 0.541. The van der Waals surface area contributed by atoms with Gasteiger partial charge in [0.2, 0.25) is 5.75 Å². The molecule has 0 atom stereocenters. The van der Waals surface area contributed by atoms with Gasteiger partial charge in [0.15, 0.2) is 11.5 Å². The summed E-state index contributed by atoms with van der Waals surface area (Å²) < 4.78 is 16.0. The van der Waals surface area contributed by atoms with Crippen molar-refractivity contribution in [1.29, 1.82) is 5.26 Å². The van der Waals surface area contributed by atoms with Crippen molar-refractivity contribution < 1.29 is 19.0 Å². The van der Waals surface area contributed by atoms with Gasteiger partial charge in [-0.1, -0.05) is 18.2 Å². The lowest BCUT2D eigenvalue weighted by atomic mass is 10.1. The van der Waals surface area contributed by atoms with Crippen LogP contribution in [0, 0.1) is 11.3 Å². The molecule has 0 spiro atoms. The average molecular weight is 407 g/mol. The second-order valence-corrected chi connectivity index (χ2v) is 6.74. The van der Waals surface area contributed by atoms with Gasteiger partial charge in [0, 0.05) is 31.9 Å². The first-order valence-electron chi connectivity index (χ1n) is 9.62. The molecule has 156 valence electrons. The van der Waals surface area contributed by atoms with Crippen molar-refractivity contribution in [2.75, 3.05) is 52.4 Å². The van der Waals surface area contributed by atoms with Crippen LogP contribution in [0.3, 0.4) is 0 Å². The number of carbonyl (C=O) groups is 1. The highest BCUT2D eigenvalue weighted by atomic mass is 16.5. The molecule has 0 bridgehead atoms. The molecule has 0 radical (unpaired) electrons. The van der Waals surface area contributed by atoms with Crippen molar-refractivity contribution in [2.24, 2.45) is 0 Å². The van der Waals surface area contributed by atoms with Crippen LogP contribution in [0.2, 0.25) is 0 Å². The fourth-order valence-electron chi connectivity index (χ4n) is 3.47. The smallest absolute Gasteiger partial charge is 0.264 e. The Balaban J connectivity index is 1.77. The summed E-state index contributed by atoms with van der Waals surface area (Å²) in [6.45, 7) is 2.56. The number of rotatable bonds is 6. The third-order valence-corrected chi connectivity index (χ3v) is 5.04. The van der Waals surface area contributed by atoms with Crippen LogP contribution in [0.15, 0.2) is 48.0 Å². The van der Waals surface area contributed by atoms with Gasteiger partial charge in [-0.05, 0) is 35.9 Å². The lowest BCUT2D eigenvalue weighted by Gasteiger charge is -2.36. The van der Waals surface area contributed by atoms with E-state index < -0.39 is 0 Å². The molecule has 2 aromatic carbocycles. The first-order valence-corrected chi connectivity index (χ1v) is 9.62. The maximum Gasteiger partial charge on any atom is 0.264 e. The second-order valence-electron chi connectivity index (χ2n) is 6.74. The van der Waals surface area contributed by atoms with E-state index in [9.17, 15) is 10.1 Å². The number of hydrogen-bond donors (Lipinski definition) is 0. The zero-order valence-corrected chi connectivity index (χ0v) is 17.4. The van der Waals surface area contributed by atoms with Gasteiger partial charge >= 0.3 is 0 Å². The van der Waals surface area contributed by atoms with Crippen LogP contribution < -0.4 is 19.1 Å². The summed E-state index contributed by atoms with van der Waals surface area (Å²) in [5.74, 6) is 1.10. The highest BCUT2D eigenvalue weighted by Crippen LogP contribution is 2.38. The minimum Gasteiger partial charge on any atom is -0.493 e. The van der Waals surface area contributed by atoms with E-state index in [0.29, 0.717) is 35.9 Å². The summed E-state index contributed by atoms with van der Waals surface area (Å²) in [5.41, 5.74) is 1.83. The normalized spacial score (nSPS) is 14.1. The van der Waals surface area contributed by atoms with Gasteiger partial charge < -0.3 is 24.0 Å². The topological polar surface area (TPSA) is 75.0 Å². The molecule has 1 saturated heterocycles. The first kappa shape index (κ1) is 21.1. The number of nitriles is 1. The number of piperazine rings is 1. The van der Waals surface area contributed by atoms with Crippen molar-refractivity contribution in [3.8, 4) is 23.3 Å². The van der Waals surface area contributed by atoms with Crippen molar-refractivity contribution in [3.63, 3.8) is 0 Å². The lowest BCUT2D eigenvalue weighted by molar-refractivity contribution is -0.126. The molecule has 1 aliphatic heterocycles. The van der Waals surface area contributed by atoms with Crippen LogP contribution in [0.4, 0.5) is 5.69 Å². The van der Waals surface area contributed by atoms with Gasteiger partial charge in [0.25, 0.3) is 5.91 Å². The van der Waals surface area contributed by atoms with E-state index in [1.54, 1.807) is 23.1 Å². The van der Waals surface area contributed by atoms with Crippen LogP contribution in [-0.2, 0) is 4.79 Å². The zero-order chi connectivity index (χ0) is 21.5. The van der Waals surface area contributed by atoms with Gasteiger partial charge in [0.1, 0.15) is 11.6 Å². The molecule has 3 rings (SSSR count). The zero-order valence-electron chi connectivity index (χ0n) is 17.4. The van der Waals surface area contributed by atoms with Crippen LogP contribution in [0.25, 0.3) is 6.08 Å². The first-order chi connectivity index (χ1) is 14.6. The number of methoxy groups -OCH3 is 3. The number of anilines is 1. The van der Waals surface area contributed by atoms with Gasteiger partial charge in [0.05, 0.1) is 21.3 Å². The molecular weight excluding hydrogens is 382 g/mol. The highest BCUT2D eigenvalue weighted by molar-refractivity contribution is 6.02. The predicted octanol–water partition coefficient (Wildman–Crippen LogP) is 2.97. The third-order valence-electron chi connectivity index (χ3n) is 5.04. The third kappa shape index (κ3) is 4.49. The van der Waals surface area contributed by atoms with Crippen LogP contribution in [-0.4, -0.2) is 58.3 Å². The van der Waals surface area contributed by atoms with Gasteiger partial charge in [-0.3, -0.25) is 4.79 Å². The second kappa shape index (κ2) is 9.70. The summed E-state index contributed by atoms with van der Waals surface area (Å²) >= 11 is 0. The molecule has 0 saturated carbocycles. The summed E-state index contributed by atoms with van der Waals surface area (Å²) in [4.78, 5) is 16.9. The van der Waals surface area contributed by atoms with Gasteiger partial charge in [-0.15, -0.1) is 0 Å². The average Bonchev–Trinajstić information content (AvgIpc) is 2.82. The number of carbonyl (C=O) groups excluding carboxylic acids is 1. The molecule has 1 amide bonds. The van der Waals surface area contributed by atoms with E-state index in [0.717, 1.165) is 18.8 Å². The molecule has 2 aromatic rings. The number of hydrogen-bond acceptors (Lipinski definition) is 6. The maximum absolute atomic E-state index is 12.9. The molecule has 1 heterocycles. The Morgan fingerprint density at radius 3 is 2.07 bits per heavy atom. The molecule has 7 heteroatoms. The molecule has 0 aromatic heterocycles. The lowest BCUT2D eigenvalue weighted by Crippen LogP contribution is -2.49. The number of para-hydroxylation sites is 1.